The van der Waals surface area contributed by atoms with Gasteiger partial charge in [-0.05, 0) is 18.2 Å². The van der Waals surface area contributed by atoms with E-state index < -0.39 is 32.4 Å². The smallest absolute Gasteiger partial charge is 0.381 e. The number of ether oxygens (including phenoxy) is 1. The number of amides is 1. The van der Waals surface area contributed by atoms with Crippen LogP contribution in [0, 0.1) is 0 Å². The first-order valence-electron chi connectivity index (χ1n) is 9.06. The van der Waals surface area contributed by atoms with Crippen molar-refractivity contribution in [3.8, 4) is 0 Å². The van der Waals surface area contributed by atoms with Crippen LogP contribution in [-0.2, 0) is 25.7 Å². The molecule has 2 N–H and O–H groups in total. The Morgan fingerprint density at radius 2 is 1.73 bits per heavy atom. The van der Waals surface area contributed by atoms with E-state index in [1.165, 1.54) is 11.5 Å². The Morgan fingerprint density at radius 1 is 1.13 bits per heavy atom. The molecule has 170 valence electrons. The van der Waals surface area contributed by atoms with E-state index in [1.54, 1.807) is 11.0 Å². The lowest BCUT2D eigenvalue weighted by Crippen LogP contribution is -2.62. The highest BCUT2D eigenvalue weighted by atomic mass is 35.5. The van der Waals surface area contributed by atoms with E-state index in [2.05, 4.69) is 0 Å². The number of hydrogen-bond donors (Lipinski definition) is 2. The van der Waals surface area contributed by atoms with Gasteiger partial charge < -0.3 is 9.64 Å². The van der Waals surface area contributed by atoms with Crippen molar-refractivity contribution < 1.29 is 36.3 Å². The van der Waals surface area contributed by atoms with Gasteiger partial charge in [-0.2, -0.15) is 17.5 Å². The topological polar surface area (TPSA) is 99.2 Å². The second kappa shape index (κ2) is 9.27. The van der Waals surface area contributed by atoms with Gasteiger partial charge in [-0.3, -0.25) is 10.0 Å². The van der Waals surface area contributed by atoms with Crippen molar-refractivity contribution in [1.29, 1.82) is 0 Å². The average Bonchev–Trinajstić information content (AvgIpc) is 2.73. The summed E-state index contributed by atoms with van der Waals surface area (Å²) in [5.41, 5.74) is 1.04. The van der Waals surface area contributed by atoms with Gasteiger partial charge in [-0.25, -0.2) is 13.9 Å². The Hall–Kier alpha value is -1.60. The van der Waals surface area contributed by atoms with Gasteiger partial charge in [-0.1, -0.05) is 6.07 Å². The van der Waals surface area contributed by atoms with Crippen LogP contribution in [0.4, 0.5) is 18.9 Å². The van der Waals surface area contributed by atoms with Gasteiger partial charge in [0.25, 0.3) is 5.91 Å². The molecule has 1 aromatic rings. The lowest BCUT2D eigenvalue weighted by Gasteiger charge is -2.42. The second-order valence-electron chi connectivity index (χ2n) is 6.99. The van der Waals surface area contributed by atoms with Crippen LogP contribution in [-0.4, -0.2) is 68.0 Å². The second-order valence-corrected chi connectivity index (χ2v) is 9.23. The number of carbonyl (C=O) groups excluding carboxylic acids is 1. The molecule has 13 heteroatoms. The number of piperazine rings is 1. The highest BCUT2D eigenvalue weighted by molar-refractivity contribution is 7.91. The minimum atomic E-state index is -4.46. The molecule has 2 aliphatic rings. The van der Waals surface area contributed by atoms with Crippen molar-refractivity contribution >= 4 is 34.0 Å². The maximum atomic E-state index is 13.2. The van der Waals surface area contributed by atoms with Gasteiger partial charge in [0.05, 0.1) is 5.56 Å². The highest BCUT2D eigenvalue weighted by Gasteiger charge is 2.54. The number of nitrogens with zero attached hydrogens (tertiary/aromatic N) is 2. The molecular formula is C17H23ClF3N3O5S. The summed E-state index contributed by atoms with van der Waals surface area (Å²) in [4.78, 5) is 13.9. The predicted molar refractivity (Wildman–Crippen MR) is 104 cm³/mol. The molecular weight excluding hydrogens is 451 g/mol. The molecule has 0 atom stereocenters. The van der Waals surface area contributed by atoms with Crippen molar-refractivity contribution in [2.75, 3.05) is 44.3 Å². The third-order valence-electron chi connectivity index (χ3n) is 5.43. The highest BCUT2D eigenvalue weighted by Crippen LogP contribution is 2.35. The first kappa shape index (κ1) is 24.7. The number of alkyl halides is 3. The number of halogens is 4. The summed E-state index contributed by atoms with van der Waals surface area (Å²) in [5.74, 6) is -0.999. The maximum absolute atomic E-state index is 13.2. The minimum Gasteiger partial charge on any atom is -0.381 e. The van der Waals surface area contributed by atoms with Crippen LogP contribution in [0.3, 0.4) is 0 Å². The zero-order valence-electron chi connectivity index (χ0n) is 15.9. The summed E-state index contributed by atoms with van der Waals surface area (Å²) in [6, 6.07) is 4.86. The summed E-state index contributed by atoms with van der Waals surface area (Å²) in [5, 5.41) is 9.07. The van der Waals surface area contributed by atoms with Crippen molar-refractivity contribution in [1.82, 2.24) is 9.79 Å². The fourth-order valence-corrected chi connectivity index (χ4v) is 5.82. The summed E-state index contributed by atoms with van der Waals surface area (Å²) in [6.07, 6.45) is -4.64. The first-order chi connectivity index (χ1) is 13.6. The Balaban J connectivity index is 0.00000320. The number of benzene rings is 1. The monoisotopic (exact) mass is 473 g/mol. The summed E-state index contributed by atoms with van der Waals surface area (Å²) in [7, 11) is -4.12. The van der Waals surface area contributed by atoms with Gasteiger partial charge >= 0.3 is 6.18 Å². The van der Waals surface area contributed by atoms with Crippen LogP contribution < -0.4 is 10.4 Å². The molecule has 0 saturated carbocycles. The van der Waals surface area contributed by atoms with Crippen LogP contribution in [0.1, 0.15) is 18.4 Å². The van der Waals surface area contributed by atoms with Crippen molar-refractivity contribution in [2.24, 2.45) is 0 Å². The third-order valence-corrected chi connectivity index (χ3v) is 8.05. The maximum Gasteiger partial charge on any atom is 0.416 e. The van der Waals surface area contributed by atoms with Gasteiger partial charge in [0.1, 0.15) is 0 Å². The van der Waals surface area contributed by atoms with E-state index in [0.717, 1.165) is 16.4 Å². The molecule has 0 spiro atoms. The molecule has 8 nitrogen and oxygen atoms in total. The van der Waals surface area contributed by atoms with Gasteiger partial charge in [0, 0.05) is 57.9 Å². The number of carbonyl (C=O) groups is 1. The number of hydrogen-bond acceptors (Lipinski definition) is 6. The molecule has 2 fully saturated rings. The van der Waals surface area contributed by atoms with E-state index in [1.807, 2.05) is 0 Å². The van der Waals surface area contributed by atoms with Crippen molar-refractivity contribution in [3.05, 3.63) is 29.8 Å². The fourth-order valence-electron chi connectivity index (χ4n) is 3.72. The predicted octanol–water partition coefficient (Wildman–Crippen LogP) is 1.63. The molecule has 0 unspecified atom stereocenters. The lowest BCUT2D eigenvalue weighted by molar-refractivity contribution is -0.137. The molecule has 3 rings (SSSR count). The van der Waals surface area contributed by atoms with Gasteiger partial charge in [0.2, 0.25) is 10.0 Å². The lowest BCUT2D eigenvalue weighted by atomic mass is 9.98. The SMILES string of the molecule is Cl.O=C(NO)C1(S(=O)(=O)N2CCN(c3cccc(C(F)(F)F)c3)CC2)CCOCC1. The summed E-state index contributed by atoms with van der Waals surface area (Å²) >= 11 is 0. The number of anilines is 1. The standard InChI is InChI=1S/C17H22F3N3O5S.ClH/c18-17(19,20)13-2-1-3-14(12-13)22-6-8-23(9-7-22)29(26,27)16(15(24)21-25)4-10-28-11-5-16;/h1-3,12,25H,4-11H2,(H,21,24);1H. The molecule has 0 bridgehead atoms. The quantitative estimate of drug-likeness (QED) is 0.509. The molecule has 30 heavy (non-hydrogen) atoms. The van der Waals surface area contributed by atoms with Crippen LogP contribution in [0.15, 0.2) is 24.3 Å². The van der Waals surface area contributed by atoms with E-state index in [0.29, 0.717) is 5.69 Å². The molecule has 0 aromatic heterocycles. The molecule has 0 radical (unpaired) electrons. The fraction of sp³-hybridized carbons (Fsp3) is 0.588. The van der Waals surface area contributed by atoms with Crippen molar-refractivity contribution in [3.63, 3.8) is 0 Å². The zero-order chi connectivity index (χ0) is 21.3. The van der Waals surface area contributed by atoms with Gasteiger partial charge in [-0.15, -0.1) is 12.4 Å². The number of sulfonamides is 1. The molecule has 1 aromatic carbocycles. The average molecular weight is 474 g/mol. The molecule has 0 aliphatic carbocycles. The minimum absolute atomic E-state index is 0. The summed E-state index contributed by atoms with van der Waals surface area (Å²) < 4.78 is 69.8. The van der Waals surface area contributed by atoms with Crippen LogP contribution in [0.5, 0.6) is 0 Å². The van der Waals surface area contributed by atoms with E-state index >= 15 is 0 Å². The molecule has 2 aliphatic heterocycles. The van der Waals surface area contributed by atoms with E-state index in [-0.39, 0.29) is 64.6 Å². The molecule has 2 heterocycles. The zero-order valence-corrected chi connectivity index (χ0v) is 17.5. The normalized spacial score (nSPS) is 20.3. The molecule has 2 saturated heterocycles. The Kier molecular flexibility index (Phi) is 7.62. The Morgan fingerprint density at radius 3 is 2.27 bits per heavy atom. The van der Waals surface area contributed by atoms with Crippen molar-refractivity contribution in [2.45, 2.75) is 23.8 Å². The first-order valence-corrected chi connectivity index (χ1v) is 10.5. The molecule has 1 amide bonds. The number of rotatable bonds is 4. The Labute approximate surface area is 178 Å². The number of hydroxylamine groups is 1. The van der Waals surface area contributed by atoms with E-state index in [9.17, 15) is 26.4 Å². The van der Waals surface area contributed by atoms with Crippen LogP contribution >= 0.6 is 12.4 Å². The summed E-state index contributed by atoms with van der Waals surface area (Å²) in [6.45, 7) is 0.509. The third kappa shape index (κ3) is 4.52. The van der Waals surface area contributed by atoms with Gasteiger partial charge in [0.15, 0.2) is 4.75 Å². The number of nitrogens with one attached hydrogen (secondary N) is 1. The Bertz CT molecular complexity index is 854. The van der Waals surface area contributed by atoms with Crippen LogP contribution in [0.25, 0.3) is 0 Å². The van der Waals surface area contributed by atoms with E-state index in [4.69, 9.17) is 9.94 Å². The van der Waals surface area contributed by atoms with Crippen LogP contribution in [0.2, 0.25) is 0 Å². The largest absolute Gasteiger partial charge is 0.416 e.